The summed E-state index contributed by atoms with van der Waals surface area (Å²) in [5, 5.41) is 12.2. The summed E-state index contributed by atoms with van der Waals surface area (Å²) in [6.07, 6.45) is 8.73. The van der Waals surface area contributed by atoms with Gasteiger partial charge in [0.1, 0.15) is 0 Å². The molecule has 2 fully saturated rings. The predicted octanol–water partition coefficient (Wildman–Crippen LogP) is 6.01. The number of pyridine rings is 1. The van der Waals surface area contributed by atoms with Gasteiger partial charge in [0.25, 0.3) is 11.5 Å². The van der Waals surface area contributed by atoms with Crippen molar-refractivity contribution in [2.45, 2.75) is 77.5 Å². The molecule has 2 aliphatic rings. The summed E-state index contributed by atoms with van der Waals surface area (Å²) in [5.41, 5.74) is 0.552. The van der Waals surface area contributed by atoms with Crippen LogP contribution >= 0.6 is 0 Å². The van der Waals surface area contributed by atoms with E-state index in [2.05, 4.69) is 0 Å². The lowest BCUT2D eigenvalue weighted by Crippen LogP contribution is -2.61. The monoisotopic (exact) mass is 641 g/mol. The van der Waals surface area contributed by atoms with Crippen LogP contribution in [0.1, 0.15) is 74.7 Å². The van der Waals surface area contributed by atoms with Crippen molar-refractivity contribution in [1.82, 2.24) is 14.4 Å². The predicted molar refractivity (Wildman–Crippen MR) is 185 cm³/mol. The smallest absolute Gasteiger partial charge is 0.255 e. The number of carbonyl (C=O) groups is 2. The van der Waals surface area contributed by atoms with Crippen LogP contribution in [0.2, 0.25) is 0 Å². The lowest BCUT2D eigenvalue weighted by Gasteiger charge is -2.51. The Kier molecular flexibility index (Phi) is 11.0. The van der Waals surface area contributed by atoms with Gasteiger partial charge in [-0.15, -0.1) is 0 Å². The van der Waals surface area contributed by atoms with Crippen LogP contribution in [0, 0.1) is 17.3 Å². The number of carbonyl (C=O) groups excluding carboxylic acids is 2. The minimum atomic E-state index is -1.27. The van der Waals surface area contributed by atoms with Crippen molar-refractivity contribution in [3.05, 3.63) is 94.4 Å². The normalized spacial score (nSPS) is 20.5. The van der Waals surface area contributed by atoms with Gasteiger partial charge in [0.05, 0.1) is 36.8 Å². The van der Waals surface area contributed by atoms with Gasteiger partial charge in [-0.25, -0.2) is 0 Å². The second-order valence-corrected chi connectivity index (χ2v) is 14.5. The molecule has 2 unspecified atom stereocenters. The first kappa shape index (κ1) is 34.6. The SMILES string of the molecule is CN(C)C(=O)c1cn(CC2(O)CCN(C(=O)C(COCc3ccccc3)CC3CCCCC3)CC2(C)C)c(=O)cc1-c1ccccc1. The van der Waals surface area contributed by atoms with Gasteiger partial charge in [-0.2, -0.15) is 0 Å². The summed E-state index contributed by atoms with van der Waals surface area (Å²) >= 11 is 0. The number of piperidine rings is 1. The number of rotatable bonds is 11. The summed E-state index contributed by atoms with van der Waals surface area (Å²) < 4.78 is 7.61. The zero-order valence-electron chi connectivity index (χ0n) is 28.5. The van der Waals surface area contributed by atoms with Crippen LogP contribution < -0.4 is 5.56 Å². The van der Waals surface area contributed by atoms with Crippen LogP contribution in [0.3, 0.4) is 0 Å². The Labute approximate surface area is 279 Å². The second kappa shape index (κ2) is 15.0. The molecule has 2 atom stereocenters. The quantitative estimate of drug-likeness (QED) is 0.277. The Bertz CT molecular complexity index is 1560. The number of aromatic nitrogens is 1. The van der Waals surface area contributed by atoms with Gasteiger partial charge < -0.3 is 24.2 Å². The Morgan fingerprint density at radius 2 is 1.66 bits per heavy atom. The van der Waals surface area contributed by atoms with E-state index in [1.807, 2.05) is 79.4 Å². The van der Waals surface area contributed by atoms with Crippen molar-refractivity contribution in [3.63, 3.8) is 0 Å². The largest absolute Gasteiger partial charge is 0.387 e. The summed E-state index contributed by atoms with van der Waals surface area (Å²) in [7, 11) is 3.37. The van der Waals surface area contributed by atoms with E-state index in [9.17, 15) is 19.5 Å². The minimum Gasteiger partial charge on any atom is -0.387 e. The van der Waals surface area contributed by atoms with Gasteiger partial charge in [-0.05, 0) is 29.9 Å². The van der Waals surface area contributed by atoms with Crippen molar-refractivity contribution in [1.29, 1.82) is 0 Å². The molecule has 1 aliphatic carbocycles. The fraction of sp³-hybridized carbons (Fsp3) is 0.513. The summed E-state index contributed by atoms with van der Waals surface area (Å²) in [6, 6.07) is 20.9. The molecule has 5 rings (SSSR count). The summed E-state index contributed by atoms with van der Waals surface area (Å²) in [4.78, 5) is 44.3. The first-order valence-corrected chi connectivity index (χ1v) is 17.1. The number of ether oxygens (including phenoxy) is 1. The molecule has 1 N–H and O–H groups in total. The number of likely N-dealkylation sites (tertiary alicyclic amines) is 1. The van der Waals surface area contributed by atoms with E-state index in [-0.39, 0.29) is 29.8 Å². The highest BCUT2D eigenvalue weighted by Gasteiger charge is 2.49. The molecule has 0 spiro atoms. The number of nitrogens with zero attached hydrogens (tertiary/aromatic N) is 3. The molecule has 2 amide bonds. The molecular weight excluding hydrogens is 590 g/mol. The Morgan fingerprint density at radius 1 is 1.00 bits per heavy atom. The number of hydrogen-bond donors (Lipinski definition) is 1. The van der Waals surface area contributed by atoms with Crippen molar-refractivity contribution in [2.24, 2.45) is 17.3 Å². The van der Waals surface area contributed by atoms with Gasteiger partial charge in [-0.1, -0.05) is 107 Å². The molecule has 0 bridgehead atoms. The molecule has 0 radical (unpaired) electrons. The van der Waals surface area contributed by atoms with Crippen molar-refractivity contribution in [3.8, 4) is 11.1 Å². The highest BCUT2D eigenvalue weighted by atomic mass is 16.5. The maximum atomic E-state index is 14.1. The zero-order chi connectivity index (χ0) is 33.6. The molecule has 8 heteroatoms. The Morgan fingerprint density at radius 3 is 2.30 bits per heavy atom. The second-order valence-electron chi connectivity index (χ2n) is 14.5. The van der Waals surface area contributed by atoms with Crippen LogP contribution in [-0.4, -0.2) is 70.7 Å². The number of amides is 2. The van der Waals surface area contributed by atoms with Crippen molar-refractivity contribution >= 4 is 11.8 Å². The van der Waals surface area contributed by atoms with E-state index in [1.165, 1.54) is 34.8 Å². The lowest BCUT2D eigenvalue weighted by atomic mass is 9.69. The van der Waals surface area contributed by atoms with Gasteiger partial charge in [0, 0.05) is 50.4 Å². The maximum absolute atomic E-state index is 14.1. The van der Waals surface area contributed by atoms with Gasteiger partial charge in [-0.3, -0.25) is 14.4 Å². The molecule has 1 aliphatic heterocycles. The lowest BCUT2D eigenvalue weighted by molar-refractivity contribution is -0.159. The molecule has 47 heavy (non-hydrogen) atoms. The van der Waals surface area contributed by atoms with Crippen LogP contribution in [0.4, 0.5) is 0 Å². The van der Waals surface area contributed by atoms with Crippen LogP contribution in [0.5, 0.6) is 0 Å². The first-order chi connectivity index (χ1) is 22.5. The highest BCUT2D eigenvalue weighted by Crippen LogP contribution is 2.41. The Balaban J connectivity index is 1.33. The highest BCUT2D eigenvalue weighted by molar-refractivity contribution is 6.00. The number of benzene rings is 2. The Hall–Kier alpha value is -3.75. The summed E-state index contributed by atoms with van der Waals surface area (Å²) in [6.45, 7) is 5.54. The molecule has 252 valence electrons. The molecule has 1 aromatic heterocycles. The van der Waals surface area contributed by atoms with E-state index < -0.39 is 11.0 Å². The third kappa shape index (κ3) is 8.22. The maximum Gasteiger partial charge on any atom is 0.255 e. The zero-order valence-corrected chi connectivity index (χ0v) is 28.5. The molecule has 8 nitrogen and oxygen atoms in total. The molecule has 3 aromatic rings. The van der Waals surface area contributed by atoms with E-state index in [4.69, 9.17) is 4.74 Å². The molecular formula is C39H51N3O5. The first-order valence-electron chi connectivity index (χ1n) is 17.1. The van der Waals surface area contributed by atoms with Gasteiger partial charge in [0.2, 0.25) is 5.91 Å². The van der Waals surface area contributed by atoms with Gasteiger partial charge in [0.15, 0.2) is 0 Å². The standard InChI is InChI=1S/C39H51N3O5/c1-38(2)27-41(36(44)32(22-29-14-8-5-9-15-29)26-47-25-30-16-10-6-11-17-30)21-20-39(38,46)28-42-24-34(37(45)40(3)4)33(23-35(42)43)31-18-12-7-13-19-31/h6-7,10-13,16-19,23-24,29,32,46H,5,8-9,14-15,20-22,25-28H2,1-4H3. The molecule has 2 aromatic carbocycles. The minimum absolute atomic E-state index is 0.0231. The summed E-state index contributed by atoms with van der Waals surface area (Å²) in [5.74, 6) is 0.152. The fourth-order valence-electron chi connectivity index (χ4n) is 7.31. The average Bonchev–Trinajstić information content (AvgIpc) is 3.07. The van der Waals surface area contributed by atoms with E-state index in [0.29, 0.717) is 49.8 Å². The van der Waals surface area contributed by atoms with E-state index in [0.717, 1.165) is 30.4 Å². The fourth-order valence-corrected chi connectivity index (χ4v) is 7.31. The average molecular weight is 642 g/mol. The van der Waals surface area contributed by atoms with E-state index in [1.54, 1.807) is 20.3 Å². The van der Waals surface area contributed by atoms with Gasteiger partial charge >= 0.3 is 0 Å². The van der Waals surface area contributed by atoms with Crippen molar-refractivity contribution < 1.29 is 19.4 Å². The van der Waals surface area contributed by atoms with Crippen LogP contribution in [-0.2, 0) is 22.7 Å². The topological polar surface area (TPSA) is 92.1 Å². The van der Waals surface area contributed by atoms with Crippen molar-refractivity contribution in [2.75, 3.05) is 33.8 Å². The molecule has 2 heterocycles. The number of hydrogen-bond acceptors (Lipinski definition) is 5. The van der Waals surface area contributed by atoms with Crippen LogP contribution in [0.15, 0.2) is 77.7 Å². The third-order valence-corrected chi connectivity index (χ3v) is 10.4. The van der Waals surface area contributed by atoms with Crippen LogP contribution in [0.25, 0.3) is 11.1 Å². The van der Waals surface area contributed by atoms with E-state index >= 15 is 0 Å². The third-order valence-electron chi connectivity index (χ3n) is 10.4. The number of aliphatic hydroxyl groups is 1. The molecule has 1 saturated heterocycles. The molecule has 1 saturated carbocycles.